The number of hydrogen-bond donors (Lipinski definition) is 1. The molecule has 0 saturated carbocycles. The van der Waals surface area contributed by atoms with Crippen molar-refractivity contribution in [3.8, 4) is 0 Å². The first-order valence-corrected chi connectivity index (χ1v) is 6.84. The number of benzene rings is 1. The van der Waals surface area contributed by atoms with Gasteiger partial charge in [0.2, 0.25) is 0 Å². The van der Waals surface area contributed by atoms with E-state index >= 15 is 0 Å². The molecule has 3 nitrogen and oxygen atoms in total. The van der Waals surface area contributed by atoms with Crippen molar-refractivity contribution in [1.82, 2.24) is 4.90 Å². The summed E-state index contributed by atoms with van der Waals surface area (Å²) in [4.78, 5) is 12.7. The number of carboxylic acids is 1. The van der Waals surface area contributed by atoms with Gasteiger partial charge in [-0.25, -0.2) is 4.39 Å². The first-order valence-electron chi connectivity index (χ1n) is 6.46. The van der Waals surface area contributed by atoms with E-state index in [0.717, 1.165) is 19.4 Å². The van der Waals surface area contributed by atoms with Crippen LogP contribution in [0.1, 0.15) is 24.8 Å². The minimum atomic E-state index is -0.797. The minimum absolute atomic E-state index is 0.126. The van der Waals surface area contributed by atoms with Crippen molar-refractivity contribution in [1.29, 1.82) is 0 Å². The maximum absolute atomic E-state index is 13.7. The van der Waals surface area contributed by atoms with Crippen LogP contribution in [0.15, 0.2) is 18.2 Å². The van der Waals surface area contributed by atoms with E-state index in [4.69, 9.17) is 16.7 Å². The highest BCUT2D eigenvalue weighted by molar-refractivity contribution is 6.31. The van der Waals surface area contributed by atoms with E-state index in [9.17, 15) is 9.18 Å². The van der Waals surface area contributed by atoms with Crippen molar-refractivity contribution < 1.29 is 14.3 Å². The lowest BCUT2D eigenvalue weighted by Gasteiger charge is -2.24. The quantitative estimate of drug-likeness (QED) is 0.904. The highest BCUT2D eigenvalue weighted by Crippen LogP contribution is 2.26. The van der Waals surface area contributed by atoms with Crippen LogP contribution in [0.5, 0.6) is 0 Å². The van der Waals surface area contributed by atoms with E-state index in [1.165, 1.54) is 6.07 Å². The fraction of sp³-hybridized carbons (Fsp3) is 0.500. The van der Waals surface area contributed by atoms with Crippen LogP contribution in [0.2, 0.25) is 5.02 Å². The molecule has 0 amide bonds. The molecule has 1 aliphatic heterocycles. The number of aliphatic carboxylic acids is 1. The van der Waals surface area contributed by atoms with Crippen LogP contribution in [0, 0.1) is 5.82 Å². The van der Waals surface area contributed by atoms with Crippen molar-refractivity contribution in [3.63, 3.8) is 0 Å². The molecule has 5 heteroatoms. The van der Waals surface area contributed by atoms with E-state index in [1.807, 2.05) is 0 Å². The van der Waals surface area contributed by atoms with Gasteiger partial charge in [0.05, 0.1) is 6.42 Å². The lowest BCUT2D eigenvalue weighted by atomic mass is 10.0. The Labute approximate surface area is 117 Å². The van der Waals surface area contributed by atoms with Crippen LogP contribution >= 0.6 is 11.6 Å². The Morgan fingerprint density at radius 2 is 2.32 bits per heavy atom. The second-order valence-corrected chi connectivity index (χ2v) is 5.29. The van der Waals surface area contributed by atoms with Gasteiger partial charge in [0.15, 0.2) is 0 Å². The molecule has 2 rings (SSSR count). The first-order chi connectivity index (χ1) is 9.08. The molecule has 0 spiro atoms. The Balaban J connectivity index is 2.03. The molecule has 0 bridgehead atoms. The largest absolute Gasteiger partial charge is 0.481 e. The van der Waals surface area contributed by atoms with E-state index in [-0.39, 0.29) is 18.3 Å². The SMILES string of the molecule is O=C(O)CCN1CCCC1Cc1c(F)cccc1Cl. The van der Waals surface area contributed by atoms with Crippen LogP contribution in [-0.2, 0) is 11.2 Å². The van der Waals surface area contributed by atoms with E-state index in [1.54, 1.807) is 12.1 Å². The van der Waals surface area contributed by atoms with Crippen molar-refractivity contribution in [2.75, 3.05) is 13.1 Å². The van der Waals surface area contributed by atoms with Gasteiger partial charge in [-0.1, -0.05) is 17.7 Å². The zero-order valence-electron chi connectivity index (χ0n) is 10.6. The standard InChI is InChI=1S/C14H17ClFNO2/c15-12-4-1-5-13(16)11(12)9-10-3-2-7-17(10)8-6-14(18)19/h1,4-5,10H,2-3,6-9H2,(H,18,19). The molecule has 0 aromatic heterocycles. The molecule has 0 radical (unpaired) electrons. The molecule has 1 atom stereocenters. The summed E-state index contributed by atoms with van der Waals surface area (Å²) in [6.45, 7) is 1.40. The number of halogens is 2. The zero-order chi connectivity index (χ0) is 13.8. The van der Waals surface area contributed by atoms with Crippen LogP contribution in [0.4, 0.5) is 4.39 Å². The third-order valence-electron chi connectivity index (χ3n) is 3.61. The molecule has 1 unspecified atom stereocenters. The van der Waals surface area contributed by atoms with Crippen molar-refractivity contribution >= 4 is 17.6 Å². The third kappa shape index (κ3) is 3.67. The molecule has 0 aliphatic carbocycles. The lowest BCUT2D eigenvalue weighted by molar-refractivity contribution is -0.137. The van der Waals surface area contributed by atoms with Crippen molar-refractivity contribution in [3.05, 3.63) is 34.6 Å². The summed E-state index contributed by atoms with van der Waals surface area (Å²) in [5.41, 5.74) is 0.538. The number of carboxylic acid groups (broad SMARTS) is 1. The smallest absolute Gasteiger partial charge is 0.304 e. The molecule has 19 heavy (non-hydrogen) atoms. The molecule has 1 aromatic carbocycles. The number of nitrogens with zero attached hydrogens (tertiary/aromatic N) is 1. The molecule has 1 N–H and O–H groups in total. The zero-order valence-corrected chi connectivity index (χ0v) is 11.4. The maximum Gasteiger partial charge on any atom is 0.304 e. The summed E-state index contributed by atoms with van der Waals surface area (Å²) >= 11 is 6.03. The van der Waals surface area contributed by atoms with E-state index in [2.05, 4.69) is 4.90 Å². The number of hydrogen-bond acceptors (Lipinski definition) is 2. The van der Waals surface area contributed by atoms with E-state index < -0.39 is 5.97 Å². The Kier molecular flexibility index (Phi) is 4.77. The van der Waals surface area contributed by atoms with Gasteiger partial charge in [-0.05, 0) is 37.9 Å². The summed E-state index contributed by atoms with van der Waals surface area (Å²) in [6.07, 6.45) is 2.66. The predicted octanol–water partition coefficient (Wildman–Crippen LogP) is 2.96. The summed E-state index contributed by atoms with van der Waals surface area (Å²) in [6, 6.07) is 4.89. The fourth-order valence-corrected chi connectivity index (χ4v) is 2.86. The molecule has 1 fully saturated rings. The summed E-state index contributed by atoms with van der Waals surface area (Å²) in [5.74, 6) is -1.08. The number of likely N-dealkylation sites (tertiary alicyclic amines) is 1. The molecular weight excluding hydrogens is 269 g/mol. The van der Waals surface area contributed by atoms with Crippen LogP contribution in [0.3, 0.4) is 0 Å². The minimum Gasteiger partial charge on any atom is -0.481 e. The van der Waals surface area contributed by atoms with Crippen LogP contribution in [0.25, 0.3) is 0 Å². The molecule has 1 saturated heterocycles. The van der Waals surface area contributed by atoms with Gasteiger partial charge in [0.1, 0.15) is 5.82 Å². The Hall–Kier alpha value is -1.13. The van der Waals surface area contributed by atoms with Gasteiger partial charge in [-0.2, -0.15) is 0 Å². The summed E-state index contributed by atoms with van der Waals surface area (Å²) in [5, 5.41) is 9.18. The van der Waals surface area contributed by atoms with Crippen molar-refractivity contribution in [2.45, 2.75) is 31.7 Å². The predicted molar refractivity (Wildman–Crippen MR) is 72.0 cm³/mol. The van der Waals surface area contributed by atoms with Gasteiger partial charge < -0.3 is 5.11 Å². The highest BCUT2D eigenvalue weighted by atomic mass is 35.5. The highest BCUT2D eigenvalue weighted by Gasteiger charge is 2.26. The van der Waals surface area contributed by atoms with Gasteiger partial charge in [0.25, 0.3) is 0 Å². The average Bonchev–Trinajstić information content (AvgIpc) is 2.79. The second kappa shape index (κ2) is 6.35. The molecular formula is C14H17ClFNO2. The number of rotatable bonds is 5. The molecule has 1 heterocycles. The van der Waals surface area contributed by atoms with Gasteiger partial charge >= 0.3 is 5.97 Å². The normalized spacial score (nSPS) is 19.8. The number of carbonyl (C=O) groups is 1. The Morgan fingerprint density at radius 3 is 3.00 bits per heavy atom. The Bertz CT molecular complexity index is 447. The monoisotopic (exact) mass is 285 g/mol. The fourth-order valence-electron chi connectivity index (χ4n) is 2.62. The molecule has 1 aromatic rings. The molecule has 104 valence electrons. The topological polar surface area (TPSA) is 40.5 Å². The third-order valence-corrected chi connectivity index (χ3v) is 3.97. The van der Waals surface area contributed by atoms with Crippen LogP contribution < -0.4 is 0 Å². The average molecular weight is 286 g/mol. The van der Waals surface area contributed by atoms with Crippen molar-refractivity contribution in [2.24, 2.45) is 0 Å². The lowest BCUT2D eigenvalue weighted by Crippen LogP contribution is -2.33. The van der Waals surface area contributed by atoms with Crippen LogP contribution in [-0.4, -0.2) is 35.1 Å². The van der Waals surface area contributed by atoms with Gasteiger partial charge in [-0.3, -0.25) is 9.69 Å². The maximum atomic E-state index is 13.7. The first kappa shape index (κ1) is 14.3. The second-order valence-electron chi connectivity index (χ2n) is 4.88. The summed E-state index contributed by atoms with van der Waals surface area (Å²) < 4.78 is 13.7. The van der Waals surface area contributed by atoms with E-state index in [0.29, 0.717) is 23.6 Å². The van der Waals surface area contributed by atoms with Gasteiger partial charge in [0, 0.05) is 23.2 Å². The summed E-state index contributed by atoms with van der Waals surface area (Å²) in [7, 11) is 0. The molecule has 1 aliphatic rings. The van der Waals surface area contributed by atoms with Gasteiger partial charge in [-0.15, -0.1) is 0 Å². The Morgan fingerprint density at radius 1 is 1.53 bits per heavy atom.